The number of morpholine rings is 1. The molecular formula is C15H19N3O4. The van der Waals surface area contributed by atoms with Crippen LogP contribution < -0.4 is 4.90 Å². The van der Waals surface area contributed by atoms with Crippen LogP contribution in [0.3, 0.4) is 0 Å². The fraction of sp³-hybridized carbons (Fsp3) is 0.533. The van der Waals surface area contributed by atoms with Gasteiger partial charge in [0.25, 0.3) is 11.6 Å². The van der Waals surface area contributed by atoms with Gasteiger partial charge in [-0.05, 0) is 18.9 Å². The highest BCUT2D eigenvalue weighted by Gasteiger charge is 2.26. The number of rotatable bonds is 3. The Bertz CT molecular complexity index is 578. The van der Waals surface area contributed by atoms with Crippen LogP contribution in [0.4, 0.5) is 11.4 Å². The molecule has 0 saturated carbocycles. The molecule has 0 bridgehead atoms. The van der Waals surface area contributed by atoms with Gasteiger partial charge in [0.1, 0.15) is 0 Å². The van der Waals surface area contributed by atoms with E-state index < -0.39 is 4.92 Å². The Labute approximate surface area is 128 Å². The molecule has 1 amide bonds. The Kier molecular flexibility index (Phi) is 4.24. The molecule has 0 radical (unpaired) electrons. The number of carbonyl (C=O) groups excluding carboxylic acids is 1. The number of ether oxygens (including phenoxy) is 1. The molecule has 0 unspecified atom stereocenters. The monoisotopic (exact) mass is 305 g/mol. The minimum absolute atomic E-state index is 0.0421. The molecule has 0 N–H and O–H groups in total. The van der Waals surface area contributed by atoms with Gasteiger partial charge in [0.2, 0.25) is 0 Å². The third kappa shape index (κ3) is 2.89. The quantitative estimate of drug-likeness (QED) is 0.627. The van der Waals surface area contributed by atoms with Crippen LogP contribution in [-0.4, -0.2) is 55.1 Å². The molecule has 7 heteroatoms. The zero-order valence-electron chi connectivity index (χ0n) is 12.4. The average Bonchev–Trinajstić information content (AvgIpc) is 3.08. The molecular weight excluding hydrogens is 286 g/mol. The van der Waals surface area contributed by atoms with E-state index in [-0.39, 0.29) is 11.6 Å². The lowest BCUT2D eigenvalue weighted by molar-refractivity contribution is -0.384. The van der Waals surface area contributed by atoms with E-state index in [9.17, 15) is 14.9 Å². The molecule has 2 fully saturated rings. The van der Waals surface area contributed by atoms with Gasteiger partial charge in [0.05, 0.1) is 29.4 Å². The maximum Gasteiger partial charge on any atom is 0.270 e. The number of benzene rings is 1. The Hall–Kier alpha value is -2.15. The maximum atomic E-state index is 12.8. The van der Waals surface area contributed by atoms with Gasteiger partial charge in [0, 0.05) is 38.3 Å². The van der Waals surface area contributed by atoms with Gasteiger partial charge in [-0.15, -0.1) is 0 Å². The van der Waals surface area contributed by atoms with E-state index in [1.165, 1.54) is 12.1 Å². The van der Waals surface area contributed by atoms with Gasteiger partial charge in [-0.1, -0.05) is 0 Å². The first-order valence-corrected chi connectivity index (χ1v) is 7.57. The number of nitrogens with zero attached hydrogens (tertiary/aromatic N) is 3. The third-order valence-corrected chi connectivity index (χ3v) is 4.17. The lowest BCUT2D eigenvalue weighted by atomic mass is 10.1. The van der Waals surface area contributed by atoms with Crippen molar-refractivity contribution in [2.75, 3.05) is 44.3 Å². The average molecular weight is 305 g/mol. The molecule has 0 spiro atoms. The van der Waals surface area contributed by atoms with E-state index >= 15 is 0 Å². The number of hydrogen-bond acceptors (Lipinski definition) is 5. The largest absolute Gasteiger partial charge is 0.378 e. The van der Waals surface area contributed by atoms with Crippen LogP contribution >= 0.6 is 0 Å². The summed E-state index contributed by atoms with van der Waals surface area (Å²) in [5.41, 5.74) is 1.19. The second-order valence-corrected chi connectivity index (χ2v) is 5.56. The molecule has 118 valence electrons. The van der Waals surface area contributed by atoms with Crippen LogP contribution in [-0.2, 0) is 4.74 Å². The SMILES string of the molecule is O=C(c1cc([N+](=O)[O-])ccc1N1CCCC1)N1CCOCC1. The first kappa shape index (κ1) is 14.8. The van der Waals surface area contributed by atoms with Crippen LogP contribution in [0.25, 0.3) is 0 Å². The van der Waals surface area contributed by atoms with Crippen LogP contribution in [0.15, 0.2) is 18.2 Å². The minimum Gasteiger partial charge on any atom is -0.378 e. The van der Waals surface area contributed by atoms with E-state index in [0.29, 0.717) is 31.9 Å². The summed E-state index contributed by atoms with van der Waals surface area (Å²) in [6, 6.07) is 4.59. The van der Waals surface area contributed by atoms with E-state index in [1.54, 1.807) is 11.0 Å². The van der Waals surface area contributed by atoms with E-state index in [0.717, 1.165) is 31.6 Å². The lowest BCUT2D eigenvalue weighted by Crippen LogP contribution is -2.41. The molecule has 7 nitrogen and oxygen atoms in total. The summed E-state index contributed by atoms with van der Waals surface area (Å²) in [5.74, 6) is -0.145. The van der Waals surface area contributed by atoms with E-state index in [1.807, 2.05) is 0 Å². The highest BCUT2D eigenvalue weighted by molar-refractivity contribution is 6.00. The number of hydrogen-bond donors (Lipinski definition) is 0. The molecule has 1 aromatic carbocycles. The molecule has 22 heavy (non-hydrogen) atoms. The highest BCUT2D eigenvalue weighted by Crippen LogP contribution is 2.29. The predicted octanol–water partition coefficient (Wildman–Crippen LogP) is 1.67. The first-order chi connectivity index (χ1) is 10.7. The second kappa shape index (κ2) is 6.31. The molecule has 3 rings (SSSR count). The molecule has 2 saturated heterocycles. The summed E-state index contributed by atoms with van der Waals surface area (Å²) < 4.78 is 5.27. The maximum absolute atomic E-state index is 12.8. The zero-order chi connectivity index (χ0) is 15.5. The summed E-state index contributed by atoms with van der Waals surface area (Å²) in [5, 5.41) is 11.0. The summed E-state index contributed by atoms with van der Waals surface area (Å²) in [4.78, 5) is 27.2. The van der Waals surface area contributed by atoms with Crippen molar-refractivity contribution in [3.05, 3.63) is 33.9 Å². The Morgan fingerprint density at radius 3 is 2.45 bits per heavy atom. The van der Waals surface area contributed by atoms with Crippen LogP contribution in [0.1, 0.15) is 23.2 Å². The van der Waals surface area contributed by atoms with Gasteiger partial charge in [-0.3, -0.25) is 14.9 Å². The predicted molar refractivity (Wildman–Crippen MR) is 81.3 cm³/mol. The van der Waals surface area contributed by atoms with Crippen molar-refractivity contribution in [2.45, 2.75) is 12.8 Å². The van der Waals surface area contributed by atoms with Gasteiger partial charge >= 0.3 is 0 Å². The van der Waals surface area contributed by atoms with Crippen molar-refractivity contribution in [3.63, 3.8) is 0 Å². The lowest BCUT2D eigenvalue weighted by Gasteiger charge is -2.29. The number of amides is 1. The summed E-state index contributed by atoms with van der Waals surface area (Å²) in [6.45, 7) is 3.86. The number of nitro benzene ring substituents is 1. The summed E-state index contributed by atoms with van der Waals surface area (Å²) >= 11 is 0. The van der Waals surface area contributed by atoms with Crippen molar-refractivity contribution in [2.24, 2.45) is 0 Å². The fourth-order valence-electron chi connectivity index (χ4n) is 2.98. The third-order valence-electron chi connectivity index (χ3n) is 4.17. The zero-order valence-corrected chi connectivity index (χ0v) is 12.4. The smallest absolute Gasteiger partial charge is 0.270 e. The summed E-state index contributed by atoms with van der Waals surface area (Å²) in [7, 11) is 0. The Morgan fingerprint density at radius 2 is 1.82 bits per heavy atom. The number of nitro groups is 1. The van der Waals surface area contributed by atoms with Crippen molar-refractivity contribution in [3.8, 4) is 0 Å². The van der Waals surface area contributed by atoms with Gasteiger partial charge in [-0.25, -0.2) is 0 Å². The van der Waals surface area contributed by atoms with Gasteiger partial charge in [0.15, 0.2) is 0 Å². The molecule has 0 atom stereocenters. The summed E-state index contributed by atoms with van der Waals surface area (Å²) in [6.07, 6.45) is 2.17. The Balaban J connectivity index is 1.95. The van der Waals surface area contributed by atoms with Crippen molar-refractivity contribution in [1.29, 1.82) is 0 Å². The van der Waals surface area contributed by atoms with Crippen molar-refractivity contribution >= 4 is 17.3 Å². The fourth-order valence-corrected chi connectivity index (χ4v) is 2.98. The molecule has 2 heterocycles. The Morgan fingerprint density at radius 1 is 1.14 bits per heavy atom. The van der Waals surface area contributed by atoms with Crippen LogP contribution in [0.2, 0.25) is 0 Å². The van der Waals surface area contributed by atoms with E-state index in [2.05, 4.69) is 4.90 Å². The molecule has 2 aliphatic rings. The molecule has 0 aromatic heterocycles. The number of carbonyl (C=O) groups is 1. The molecule has 1 aromatic rings. The van der Waals surface area contributed by atoms with Crippen molar-refractivity contribution in [1.82, 2.24) is 4.90 Å². The van der Waals surface area contributed by atoms with Crippen LogP contribution in [0.5, 0.6) is 0 Å². The van der Waals surface area contributed by atoms with E-state index in [4.69, 9.17) is 4.74 Å². The molecule has 2 aliphatic heterocycles. The minimum atomic E-state index is -0.455. The normalized spacial score (nSPS) is 18.5. The first-order valence-electron chi connectivity index (χ1n) is 7.57. The number of non-ortho nitro benzene ring substituents is 1. The van der Waals surface area contributed by atoms with Crippen molar-refractivity contribution < 1.29 is 14.5 Å². The van der Waals surface area contributed by atoms with Gasteiger partial charge < -0.3 is 14.5 Å². The molecule has 0 aliphatic carbocycles. The highest BCUT2D eigenvalue weighted by atomic mass is 16.6. The second-order valence-electron chi connectivity index (χ2n) is 5.56. The standard InChI is InChI=1S/C15H19N3O4/c19-15(17-7-9-22-10-8-17)13-11-12(18(20)21)3-4-14(13)16-5-1-2-6-16/h3-4,11H,1-2,5-10H2. The van der Waals surface area contributed by atoms with Crippen LogP contribution in [0, 0.1) is 10.1 Å². The van der Waals surface area contributed by atoms with Gasteiger partial charge in [-0.2, -0.15) is 0 Å². The topological polar surface area (TPSA) is 75.9 Å². The number of anilines is 1.